The smallest absolute Gasteiger partial charge is 0.293 e. The molecular formula is C14H25N5O. The summed E-state index contributed by atoms with van der Waals surface area (Å²) in [5.74, 6) is 2.03. The maximum Gasteiger partial charge on any atom is 0.293 e. The van der Waals surface area contributed by atoms with Crippen molar-refractivity contribution < 1.29 is 4.79 Å². The van der Waals surface area contributed by atoms with Crippen molar-refractivity contribution in [3.63, 3.8) is 0 Å². The van der Waals surface area contributed by atoms with Gasteiger partial charge in [0, 0.05) is 25.6 Å². The lowest BCUT2D eigenvalue weighted by Crippen LogP contribution is -2.39. The van der Waals surface area contributed by atoms with Gasteiger partial charge in [0.15, 0.2) is 0 Å². The SMILES string of the molecule is CC(C)CN(CCN(C)C)C(=O)c1n[nH]c(C2CC2)n1. The highest BCUT2D eigenvalue weighted by Gasteiger charge is 2.29. The van der Waals surface area contributed by atoms with Crippen molar-refractivity contribution in [2.45, 2.75) is 32.6 Å². The number of nitrogens with zero attached hydrogens (tertiary/aromatic N) is 4. The quantitative estimate of drug-likeness (QED) is 0.818. The third-order valence-corrected chi connectivity index (χ3v) is 3.35. The molecule has 1 saturated carbocycles. The van der Waals surface area contributed by atoms with Gasteiger partial charge in [-0.05, 0) is 32.9 Å². The minimum atomic E-state index is -0.0660. The molecule has 1 aromatic heterocycles. The summed E-state index contributed by atoms with van der Waals surface area (Å²) in [5, 5.41) is 6.99. The van der Waals surface area contributed by atoms with Gasteiger partial charge < -0.3 is 9.80 Å². The number of H-pyrrole nitrogens is 1. The Morgan fingerprint density at radius 1 is 1.35 bits per heavy atom. The van der Waals surface area contributed by atoms with Crippen molar-refractivity contribution in [2.24, 2.45) is 5.92 Å². The first-order valence-electron chi connectivity index (χ1n) is 7.33. The molecule has 0 aromatic carbocycles. The van der Waals surface area contributed by atoms with Gasteiger partial charge in [-0.1, -0.05) is 13.8 Å². The maximum absolute atomic E-state index is 12.5. The van der Waals surface area contributed by atoms with Crippen LogP contribution in [0.2, 0.25) is 0 Å². The average Bonchev–Trinajstić information content (AvgIpc) is 3.11. The van der Waals surface area contributed by atoms with E-state index in [1.807, 2.05) is 19.0 Å². The summed E-state index contributed by atoms with van der Waals surface area (Å²) >= 11 is 0. The van der Waals surface area contributed by atoms with Crippen molar-refractivity contribution in [2.75, 3.05) is 33.7 Å². The van der Waals surface area contributed by atoms with E-state index in [2.05, 4.69) is 33.9 Å². The molecule has 0 spiro atoms. The van der Waals surface area contributed by atoms with E-state index in [0.29, 0.717) is 24.2 Å². The number of carbonyl (C=O) groups excluding carboxylic acids is 1. The van der Waals surface area contributed by atoms with Crippen LogP contribution in [0.25, 0.3) is 0 Å². The molecule has 0 atom stereocenters. The first-order chi connectivity index (χ1) is 9.47. The molecule has 1 aromatic rings. The third kappa shape index (κ3) is 4.03. The van der Waals surface area contributed by atoms with Gasteiger partial charge in [-0.2, -0.15) is 0 Å². The van der Waals surface area contributed by atoms with Gasteiger partial charge in [0.1, 0.15) is 5.82 Å². The van der Waals surface area contributed by atoms with Crippen LogP contribution < -0.4 is 0 Å². The molecule has 0 bridgehead atoms. The average molecular weight is 279 g/mol. The number of rotatable bonds is 7. The molecule has 0 aliphatic heterocycles. The first kappa shape index (κ1) is 15.0. The Bertz CT molecular complexity index is 450. The van der Waals surface area contributed by atoms with Crippen molar-refractivity contribution in [1.82, 2.24) is 25.0 Å². The Morgan fingerprint density at radius 3 is 2.60 bits per heavy atom. The fourth-order valence-electron chi connectivity index (χ4n) is 2.09. The van der Waals surface area contributed by atoms with E-state index in [0.717, 1.165) is 31.8 Å². The van der Waals surface area contributed by atoms with Crippen LogP contribution >= 0.6 is 0 Å². The predicted octanol–water partition coefficient (Wildman–Crippen LogP) is 1.34. The van der Waals surface area contributed by atoms with Crippen LogP contribution in [-0.4, -0.2) is 64.6 Å². The zero-order chi connectivity index (χ0) is 14.7. The van der Waals surface area contributed by atoms with Crippen LogP contribution in [-0.2, 0) is 0 Å². The van der Waals surface area contributed by atoms with E-state index >= 15 is 0 Å². The summed E-state index contributed by atoms with van der Waals surface area (Å²) in [6, 6.07) is 0. The van der Waals surface area contributed by atoms with E-state index in [1.54, 1.807) is 0 Å². The highest BCUT2D eigenvalue weighted by atomic mass is 16.2. The Morgan fingerprint density at radius 2 is 2.05 bits per heavy atom. The standard InChI is InChI=1S/C14H25N5O/c1-10(2)9-19(8-7-18(3)4)14(20)13-15-12(16-17-13)11-5-6-11/h10-11H,5-9H2,1-4H3,(H,15,16,17). The normalized spacial score (nSPS) is 15.1. The lowest BCUT2D eigenvalue weighted by Gasteiger charge is -2.24. The number of nitrogens with one attached hydrogen (secondary N) is 1. The van der Waals surface area contributed by atoms with Crippen LogP contribution in [0.15, 0.2) is 0 Å². The van der Waals surface area contributed by atoms with Crippen LogP contribution in [0.3, 0.4) is 0 Å². The van der Waals surface area contributed by atoms with E-state index < -0.39 is 0 Å². The lowest BCUT2D eigenvalue weighted by atomic mass is 10.2. The van der Waals surface area contributed by atoms with E-state index in [4.69, 9.17) is 0 Å². The zero-order valence-corrected chi connectivity index (χ0v) is 12.9. The monoisotopic (exact) mass is 279 g/mol. The summed E-state index contributed by atoms with van der Waals surface area (Å²) in [5.41, 5.74) is 0. The molecule has 1 aliphatic rings. The topological polar surface area (TPSA) is 65.1 Å². The van der Waals surface area contributed by atoms with Gasteiger partial charge in [-0.3, -0.25) is 9.89 Å². The van der Waals surface area contributed by atoms with Gasteiger partial charge >= 0.3 is 0 Å². The number of carbonyl (C=O) groups is 1. The van der Waals surface area contributed by atoms with Crippen LogP contribution in [0.5, 0.6) is 0 Å². The van der Waals surface area contributed by atoms with Crippen molar-refractivity contribution in [3.05, 3.63) is 11.6 Å². The molecule has 1 amide bonds. The van der Waals surface area contributed by atoms with Crippen LogP contribution in [0.1, 0.15) is 49.1 Å². The highest BCUT2D eigenvalue weighted by molar-refractivity contribution is 5.90. The minimum absolute atomic E-state index is 0.0660. The second kappa shape index (κ2) is 6.35. The molecule has 20 heavy (non-hydrogen) atoms. The molecule has 6 nitrogen and oxygen atoms in total. The maximum atomic E-state index is 12.5. The Kier molecular flexibility index (Phi) is 4.75. The van der Waals surface area contributed by atoms with Gasteiger partial charge in [0.2, 0.25) is 5.82 Å². The zero-order valence-electron chi connectivity index (χ0n) is 12.9. The highest BCUT2D eigenvalue weighted by Crippen LogP contribution is 2.37. The van der Waals surface area contributed by atoms with Gasteiger partial charge in [-0.25, -0.2) is 4.98 Å². The molecule has 112 valence electrons. The molecule has 0 saturated heterocycles. The van der Waals surface area contributed by atoms with Crippen molar-refractivity contribution >= 4 is 5.91 Å². The third-order valence-electron chi connectivity index (χ3n) is 3.35. The van der Waals surface area contributed by atoms with Gasteiger partial charge in [0.25, 0.3) is 5.91 Å². The van der Waals surface area contributed by atoms with E-state index in [-0.39, 0.29) is 5.91 Å². The van der Waals surface area contributed by atoms with Crippen molar-refractivity contribution in [1.29, 1.82) is 0 Å². The molecular weight excluding hydrogens is 254 g/mol. The molecule has 2 rings (SSSR count). The number of aromatic nitrogens is 3. The fourth-order valence-corrected chi connectivity index (χ4v) is 2.09. The Hall–Kier alpha value is -1.43. The molecule has 1 aliphatic carbocycles. The van der Waals surface area contributed by atoms with Gasteiger partial charge in [0.05, 0.1) is 0 Å². The molecule has 1 heterocycles. The molecule has 1 N–H and O–H groups in total. The number of likely N-dealkylation sites (N-methyl/N-ethyl adjacent to an activating group) is 1. The second-order valence-corrected chi connectivity index (χ2v) is 6.27. The number of aromatic amines is 1. The number of hydrogen-bond donors (Lipinski definition) is 1. The summed E-state index contributed by atoms with van der Waals surface area (Å²) in [6.07, 6.45) is 2.30. The molecule has 1 fully saturated rings. The summed E-state index contributed by atoms with van der Waals surface area (Å²) in [4.78, 5) is 20.8. The van der Waals surface area contributed by atoms with E-state index in [1.165, 1.54) is 0 Å². The molecule has 0 radical (unpaired) electrons. The largest absolute Gasteiger partial charge is 0.334 e. The summed E-state index contributed by atoms with van der Waals surface area (Å²) < 4.78 is 0. The van der Waals surface area contributed by atoms with Crippen LogP contribution in [0, 0.1) is 5.92 Å². The predicted molar refractivity (Wildman–Crippen MR) is 77.7 cm³/mol. The summed E-state index contributed by atoms with van der Waals surface area (Å²) in [7, 11) is 4.02. The molecule has 0 unspecified atom stereocenters. The molecule has 6 heteroatoms. The van der Waals surface area contributed by atoms with Crippen LogP contribution in [0.4, 0.5) is 0 Å². The Labute approximate surface area is 120 Å². The van der Waals surface area contributed by atoms with E-state index in [9.17, 15) is 4.79 Å². The van der Waals surface area contributed by atoms with Gasteiger partial charge in [-0.15, -0.1) is 5.10 Å². The minimum Gasteiger partial charge on any atom is -0.334 e. The first-order valence-corrected chi connectivity index (χ1v) is 7.33. The number of hydrogen-bond acceptors (Lipinski definition) is 4. The fraction of sp³-hybridized carbons (Fsp3) is 0.786. The second-order valence-electron chi connectivity index (χ2n) is 6.27. The Balaban J connectivity index is 2.02. The van der Waals surface area contributed by atoms with Crippen molar-refractivity contribution in [3.8, 4) is 0 Å². The summed E-state index contributed by atoms with van der Waals surface area (Å²) in [6.45, 7) is 6.52. The lowest BCUT2D eigenvalue weighted by molar-refractivity contribution is 0.0712. The number of amides is 1.